The highest BCUT2D eigenvalue weighted by molar-refractivity contribution is 8.00. The van der Waals surface area contributed by atoms with Gasteiger partial charge in [-0.15, -0.1) is 11.8 Å². The van der Waals surface area contributed by atoms with Gasteiger partial charge in [0.05, 0.1) is 11.5 Å². The van der Waals surface area contributed by atoms with Gasteiger partial charge in [-0.2, -0.15) is 0 Å². The molecule has 4 nitrogen and oxygen atoms in total. The van der Waals surface area contributed by atoms with E-state index in [-0.39, 0.29) is 5.37 Å². The Balaban J connectivity index is 2.10. The summed E-state index contributed by atoms with van der Waals surface area (Å²) in [5.74, 6) is 0.973. The van der Waals surface area contributed by atoms with Crippen LogP contribution < -0.4 is 0 Å². The van der Waals surface area contributed by atoms with Gasteiger partial charge in [0, 0.05) is 18.8 Å². The van der Waals surface area contributed by atoms with Gasteiger partial charge >= 0.3 is 0 Å². The average Bonchev–Trinajstić information content (AvgIpc) is 2.48. The van der Waals surface area contributed by atoms with Crippen molar-refractivity contribution in [2.75, 3.05) is 18.8 Å². The maximum absolute atomic E-state index is 9.55. The second-order valence-electron chi connectivity index (χ2n) is 3.30. The number of aliphatic hydroxyl groups excluding tert-OH is 3. The molecule has 0 amide bonds. The van der Waals surface area contributed by atoms with E-state index >= 15 is 0 Å². The van der Waals surface area contributed by atoms with E-state index in [1.54, 1.807) is 11.8 Å². The zero-order valence-corrected chi connectivity index (χ0v) is 7.44. The second-order valence-corrected chi connectivity index (χ2v) is 4.53. The van der Waals surface area contributed by atoms with Crippen molar-refractivity contribution in [2.24, 2.45) is 0 Å². The third-order valence-corrected chi connectivity index (χ3v) is 3.82. The molecule has 0 bridgehead atoms. The fourth-order valence-electron chi connectivity index (χ4n) is 1.78. The molecule has 0 aliphatic carbocycles. The van der Waals surface area contributed by atoms with E-state index in [0.717, 1.165) is 12.3 Å². The van der Waals surface area contributed by atoms with E-state index in [1.165, 1.54) is 0 Å². The molecule has 0 saturated carbocycles. The fraction of sp³-hybridized carbons (Fsp3) is 1.00. The van der Waals surface area contributed by atoms with Gasteiger partial charge in [-0.1, -0.05) is 0 Å². The molecule has 12 heavy (non-hydrogen) atoms. The maximum Gasteiger partial charge on any atom is 0.109 e. The van der Waals surface area contributed by atoms with E-state index in [0.29, 0.717) is 6.54 Å². The molecule has 0 aromatic heterocycles. The Kier molecular flexibility index (Phi) is 2.31. The number of nitrogens with zero attached hydrogens (tertiary/aromatic N) is 1. The van der Waals surface area contributed by atoms with Gasteiger partial charge in [0.25, 0.3) is 0 Å². The molecule has 0 radical (unpaired) electrons. The van der Waals surface area contributed by atoms with Crippen LogP contribution in [0.15, 0.2) is 0 Å². The zero-order chi connectivity index (χ0) is 8.72. The number of fused-ring (bicyclic) bond motifs is 1. The summed E-state index contributed by atoms with van der Waals surface area (Å²) in [4.78, 5) is 2.02. The normalized spacial score (nSPS) is 49.2. The van der Waals surface area contributed by atoms with Gasteiger partial charge in [-0.05, 0) is 0 Å². The summed E-state index contributed by atoms with van der Waals surface area (Å²) in [5.41, 5.74) is 0. The molecule has 0 aromatic rings. The summed E-state index contributed by atoms with van der Waals surface area (Å²) in [5, 5.41) is 28.2. The van der Waals surface area contributed by atoms with E-state index in [9.17, 15) is 15.3 Å². The number of rotatable bonds is 0. The quantitative estimate of drug-likeness (QED) is 0.433. The molecular formula is C7H13NO3S. The molecular weight excluding hydrogens is 178 g/mol. The number of aliphatic hydroxyl groups is 3. The lowest BCUT2D eigenvalue weighted by Crippen LogP contribution is -2.58. The summed E-state index contributed by atoms with van der Waals surface area (Å²) in [6.45, 7) is 1.38. The Morgan fingerprint density at radius 2 is 1.92 bits per heavy atom. The zero-order valence-electron chi connectivity index (χ0n) is 6.63. The standard InChI is InChI=1S/C7H13NO3S/c9-4-3-8-1-2-12-7(8)6(11)5(4)10/h4-7,9-11H,1-3H2/t4-,5-,6+,7-/m1/s1. The lowest BCUT2D eigenvalue weighted by molar-refractivity contribution is -0.114. The first-order valence-corrected chi connectivity index (χ1v) is 5.15. The minimum atomic E-state index is -0.975. The molecule has 4 atom stereocenters. The Bertz CT molecular complexity index is 180. The van der Waals surface area contributed by atoms with Gasteiger partial charge in [0.1, 0.15) is 12.2 Å². The van der Waals surface area contributed by atoms with E-state index in [2.05, 4.69) is 0 Å². The highest BCUT2D eigenvalue weighted by Crippen LogP contribution is 2.32. The molecule has 5 heteroatoms. The van der Waals surface area contributed by atoms with Crippen LogP contribution in [0.1, 0.15) is 0 Å². The molecule has 0 aromatic carbocycles. The highest BCUT2D eigenvalue weighted by Gasteiger charge is 2.43. The monoisotopic (exact) mass is 191 g/mol. The van der Waals surface area contributed by atoms with Crippen LogP contribution in [0.4, 0.5) is 0 Å². The van der Waals surface area contributed by atoms with Crippen molar-refractivity contribution in [3.63, 3.8) is 0 Å². The Labute approximate surface area is 75.2 Å². The predicted molar refractivity (Wildman–Crippen MR) is 45.8 cm³/mol. The topological polar surface area (TPSA) is 63.9 Å². The Morgan fingerprint density at radius 1 is 1.17 bits per heavy atom. The Hall–Kier alpha value is 0.190. The first-order valence-electron chi connectivity index (χ1n) is 4.10. The van der Waals surface area contributed by atoms with Crippen molar-refractivity contribution in [3.8, 4) is 0 Å². The molecule has 0 spiro atoms. The lowest BCUT2D eigenvalue weighted by atomic mass is 10.0. The summed E-state index contributed by atoms with van der Waals surface area (Å²) in [6.07, 6.45) is -2.58. The fourth-order valence-corrected chi connectivity index (χ4v) is 3.12. The number of hydrogen-bond donors (Lipinski definition) is 3. The van der Waals surface area contributed by atoms with E-state index in [4.69, 9.17) is 0 Å². The highest BCUT2D eigenvalue weighted by atomic mass is 32.2. The van der Waals surface area contributed by atoms with E-state index in [1.807, 2.05) is 4.90 Å². The van der Waals surface area contributed by atoms with Crippen LogP contribution in [0.2, 0.25) is 0 Å². The Morgan fingerprint density at radius 3 is 2.67 bits per heavy atom. The first kappa shape index (κ1) is 8.77. The van der Waals surface area contributed by atoms with Gasteiger partial charge in [0.15, 0.2) is 0 Å². The van der Waals surface area contributed by atoms with Crippen LogP contribution >= 0.6 is 11.8 Å². The van der Waals surface area contributed by atoms with Crippen molar-refractivity contribution in [3.05, 3.63) is 0 Å². The van der Waals surface area contributed by atoms with E-state index < -0.39 is 18.3 Å². The molecule has 3 N–H and O–H groups in total. The van der Waals surface area contributed by atoms with Gasteiger partial charge < -0.3 is 15.3 Å². The van der Waals surface area contributed by atoms with Crippen LogP contribution in [0.25, 0.3) is 0 Å². The maximum atomic E-state index is 9.55. The molecule has 2 aliphatic heterocycles. The summed E-state index contributed by atoms with van der Waals surface area (Å²) >= 11 is 1.64. The van der Waals surface area contributed by atoms with Crippen LogP contribution in [0.3, 0.4) is 0 Å². The SMILES string of the molecule is O[C@H]1[C@H](O)[C@H]2SCCN2C[C@H]1O. The summed E-state index contributed by atoms with van der Waals surface area (Å²) in [6, 6.07) is 0. The van der Waals surface area contributed by atoms with Crippen molar-refractivity contribution in [1.82, 2.24) is 4.90 Å². The predicted octanol–water partition coefficient (Wildman–Crippen LogP) is -1.54. The van der Waals surface area contributed by atoms with Crippen LogP contribution in [0, 0.1) is 0 Å². The molecule has 70 valence electrons. The molecule has 2 heterocycles. The van der Waals surface area contributed by atoms with Crippen molar-refractivity contribution in [1.29, 1.82) is 0 Å². The number of thioether (sulfide) groups is 1. The van der Waals surface area contributed by atoms with Crippen molar-refractivity contribution >= 4 is 11.8 Å². The molecule has 2 saturated heterocycles. The minimum absolute atomic E-state index is 0.0107. The molecule has 2 rings (SSSR count). The molecule has 0 unspecified atom stereocenters. The second kappa shape index (κ2) is 3.16. The third kappa shape index (κ3) is 1.25. The van der Waals surface area contributed by atoms with Gasteiger partial charge in [-0.3, -0.25) is 4.90 Å². The van der Waals surface area contributed by atoms with Crippen molar-refractivity contribution in [2.45, 2.75) is 23.7 Å². The number of piperidine rings is 1. The van der Waals surface area contributed by atoms with Crippen LogP contribution in [0.5, 0.6) is 0 Å². The molecule has 2 fully saturated rings. The lowest BCUT2D eigenvalue weighted by Gasteiger charge is -2.39. The first-order chi connectivity index (χ1) is 5.70. The smallest absolute Gasteiger partial charge is 0.109 e. The van der Waals surface area contributed by atoms with Gasteiger partial charge in [0.2, 0.25) is 0 Å². The summed E-state index contributed by atoms with van der Waals surface area (Å²) < 4.78 is 0. The third-order valence-electron chi connectivity index (χ3n) is 2.48. The number of hydrogen-bond acceptors (Lipinski definition) is 5. The molecule has 2 aliphatic rings. The van der Waals surface area contributed by atoms with Gasteiger partial charge in [-0.25, -0.2) is 0 Å². The largest absolute Gasteiger partial charge is 0.389 e. The van der Waals surface area contributed by atoms with Crippen LogP contribution in [-0.2, 0) is 0 Å². The van der Waals surface area contributed by atoms with Crippen LogP contribution in [-0.4, -0.2) is 62.7 Å². The summed E-state index contributed by atoms with van der Waals surface area (Å²) in [7, 11) is 0. The average molecular weight is 191 g/mol. The minimum Gasteiger partial charge on any atom is -0.389 e. The van der Waals surface area contributed by atoms with Crippen molar-refractivity contribution < 1.29 is 15.3 Å².